The van der Waals surface area contributed by atoms with Crippen molar-refractivity contribution in [3.05, 3.63) is 36.4 Å². The topological polar surface area (TPSA) is 42.7 Å². The van der Waals surface area contributed by atoms with Crippen LogP contribution in [0.5, 0.6) is 0 Å². The predicted molar refractivity (Wildman–Crippen MR) is 62.8 cm³/mol. The Hall–Kier alpha value is -1.84. The standard InChI is InChI=1S/C12H14N4/c1-9-2-3-10(8-14-9)15-12-13-6-7-16(12)11-4-5-11/h2-3,6-8,11H,4-5H2,1H3,(H,13,15). The van der Waals surface area contributed by atoms with Gasteiger partial charge in [-0.05, 0) is 31.9 Å². The summed E-state index contributed by atoms with van der Waals surface area (Å²) in [5.74, 6) is 0.910. The summed E-state index contributed by atoms with van der Waals surface area (Å²) in [6.07, 6.45) is 8.22. The molecule has 0 atom stereocenters. The molecule has 1 aliphatic rings. The molecule has 1 saturated carbocycles. The van der Waals surface area contributed by atoms with Crippen LogP contribution in [0.2, 0.25) is 0 Å². The van der Waals surface area contributed by atoms with Gasteiger partial charge >= 0.3 is 0 Å². The van der Waals surface area contributed by atoms with E-state index in [1.807, 2.05) is 37.6 Å². The Morgan fingerprint density at radius 2 is 2.19 bits per heavy atom. The third kappa shape index (κ3) is 1.78. The number of hydrogen-bond donors (Lipinski definition) is 1. The van der Waals surface area contributed by atoms with Crippen molar-refractivity contribution < 1.29 is 0 Å². The van der Waals surface area contributed by atoms with E-state index in [-0.39, 0.29) is 0 Å². The molecular weight excluding hydrogens is 200 g/mol. The van der Waals surface area contributed by atoms with Gasteiger partial charge in [0, 0.05) is 24.1 Å². The lowest BCUT2D eigenvalue weighted by Crippen LogP contribution is -2.01. The highest BCUT2D eigenvalue weighted by Crippen LogP contribution is 2.37. The van der Waals surface area contributed by atoms with Crippen LogP contribution in [0.1, 0.15) is 24.6 Å². The smallest absolute Gasteiger partial charge is 0.207 e. The van der Waals surface area contributed by atoms with Gasteiger partial charge in [-0.1, -0.05) is 0 Å². The third-order valence-corrected chi connectivity index (χ3v) is 2.78. The van der Waals surface area contributed by atoms with Gasteiger partial charge in [-0.2, -0.15) is 0 Å². The molecule has 0 amide bonds. The number of hydrogen-bond acceptors (Lipinski definition) is 3. The van der Waals surface area contributed by atoms with Crippen LogP contribution in [0.4, 0.5) is 11.6 Å². The van der Waals surface area contributed by atoms with Crippen molar-refractivity contribution >= 4 is 11.6 Å². The molecular formula is C12H14N4. The lowest BCUT2D eigenvalue weighted by molar-refractivity contribution is 0.751. The molecule has 0 aromatic carbocycles. The number of aryl methyl sites for hydroxylation is 1. The van der Waals surface area contributed by atoms with E-state index in [1.54, 1.807) is 0 Å². The molecule has 4 heteroatoms. The minimum absolute atomic E-state index is 0.642. The Morgan fingerprint density at radius 3 is 2.88 bits per heavy atom. The molecule has 0 aliphatic heterocycles. The van der Waals surface area contributed by atoms with Gasteiger partial charge in [0.2, 0.25) is 5.95 Å². The van der Waals surface area contributed by atoms with E-state index < -0.39 is 0 Å². The molecule has 0 spiro atoms. The Labute approximate surface area is 94.4 Å². The monoisotopic (exact) mass is 214 g/mol. The lowest BCUT2D eigenvalue weighted by atomic mass is 10.3. The van der Waals surface area contributed by atoms with Crippen LogP contribution in [0, 0.1) is 6.92 Å². The largest absolute Gasteiger partial charge is 0.324 e. The summed E-state index contributed by atoms with van der Waals surface area (Å²) in [4.78, 5) is 8.57. The number of imidazole rings is 1. The molecule has 4 nitrogen and oxygen atoms in total. The maximum absolute atomic E-state index is 4.32. The highest BCUT2D eigenvalue weighted by Gasteiger charge is 2.25. The second kappa shape index (κ2) is 3.63. The van der Waals surface area contributed by atoms with Crippen LogP contribution in [-0.4, -0.2) is 14.5 Å². The van der Waals surface area contributed by atoms with Crippen LogP contribution >= 0.6 is 0 Å². The first kappa shape index (κ1) is 9.39. The molecule has 16 heavy (non-hydrogen) atoms. The van der Waals surface area contributed by atoms with Crippen LogP contribution in [0.15, 0.2) is 30.7 Å². The minimum Gasteiger partial charge on any atom is -0.324 e. The van der Waals surface area contributed by atoms with Crippen molar-refractivity contribution in [2.75, 3.05) is 5.32 Å². The maximum atomic E-state index is 4.32. The molecule has 2 aromatic heterocycles. The Bertz CT molecular complexity index is 482. The zero-order chi connectivity index (χ0) is 11.0. The predicted octanol–water partition coefficient (Wildman–Crippen LogP) is 2.67. The summed E-state index contributed by atoms with van der Waals surface area (Å²) in [6.45, 7) is 1.98. The van der Waals surface area contributed by atoms with Gasteiger partial charge in [-0.25, -0.2) is 4.98 Å². The Morgan fingerprint density at radius 1 is 1.31 bits per heavy atom. The van der Waals surface area contributed by atoms with Gasteiger partial charge < -0.3 is 9.88 Å². The molecule has 2 aromatic rings. The minimum atomic E-state index is 0.642. The van der Waals surface area contributed by atoms with E-state index in [0.717, 1.165) is 17.3 Å². The van der Waals surface area contributed by atoms with Crippen molar-refractivity contribution in [1.29, 1.82) is 0 Å². The fourth-order valence-corrected chi connectivity index (χ4v) is 1.73. The first-order chi connectivity index (χ1) is 7.83. The molecule has 0 radical (unpaired) electrons. The molecule has 3 rings (SSSR count). The van der Waals surface area contributed by atoms with Crippen molar-refractivity contribution in [3.8, 4) is 0 Å². The highest BCUT2D eigenvalue weighted by molar-refractivity contribution is 5.52. The number of nitrogens with one attached hydrogen (secondary N) is 1. The van der Waals surface area contributed by atoms with Crippen molar-refractivity contribution in [3.63, 3.8) is 0 Å². The normalized spacial score (nSPS) is 15.1. The molecule has 1 N–H and O–H groups in total. The maximum Gasteiger partial charge on any atom is 0.207 e. The molecule has 0 unspecified atom stereocenters. The summed E-state index contributed by atoms with van der Waals surface area (Å²) in [5, 5.41) is 3.29. The number of pyridine rings is 1. The Kier molecular flexibility index (Phi) is 2.13. The lowest BCUT2D eigenvalue weighted by Gasteiger charge is -2.08. The zero-order valence-corrected chi connectivity index (χ0v) is 9.22. The molecule has 82 valence electrons. The van der Waals surface area contributed by atoms with Gasteiger partial charge in [0.25, 0.3) is 0 Å². The first-order valence-electron chi connectivity index (χ1n) is 5.55. The van der Waals surface area contributed by atoms with Crippen LogP contribution in [-0.2, 0) is 0 Å². The van der Waals surface area contributed by atoms with Gasteiger partial charge in [0.15, 0.2) is 0 Å². The molecule has 2 heterocycles. The van der Waals surface area contributed by atoms with Gasteiger partial charge in [-0.15, -0.1) is 0 Å². The number of aromatic nitrogens is 3. The van der Waals surface area contributed by atoms with Gasteiger partial charge in [0.1, 0.15) is 0 Å². The summed E-state index contributed by atoms with van der Waals surface area (Å²) in [7, 11) is 0. The average molecular weight is 214 g/mol. The first-order valence-corrected chi connectivity index (χ1v) is 5.55. The van der Waals surface area contributed by atoms with E-state index >= 15 is 0 Å². The van der Waals surface area contributed by atoms with E-state index in [4.69, 9.17) is 0 Å². The molecule has 1 fully saturated rings. The highest BCUT2D eigenvalue weighted by atomic mass is 15.2. The molecule has 0 bridgehead atoms. The fourth-order valence-electron chi connectivity index (χ4n) is 1.73. The van der Waals surface area contributed by atoms with Crippen molar-refractivity contribution in [2.45, 2.75) is 25.8 Å². The quantitative estimate of drug-likeness (QED) is 0.854. The summed E-state index contributed by atoms with van der Waals surface area (Å²) in [5.41, 5.74) is 2.01. The van der Waals surface area contributed by atoms with E-state index in [9.17, 15) is 0 Å². The Balaban J connectivity index is 1.82. The third-order valence-electron chi connectivity index (χ3n) is 2.78. The average Bonchev–Trinajstić information content (AvgIpc) is 3.03. The second-order valence-electron chi connectivity index (χ2n) is 4.20. The van der Waals surface area contributed by atoms with Gasteiger partial charge in [0.05, 0.1) is 11.9 Å². The van der Waals surface area contributed by atoms with Crippen LogP contribution in [0.25, 0.3) is 0 Å². The second-order valence-corrected chi connectivity index (χ2v) is 4.20. The van der Waals surface area contributed by atoms with Crippen molar-refractivity contribution in [1.82, 2.24) is 14.5 Å². The van der Waals surface area contributed by atoms with Crippen LogP contribution < -0.4 is 5.32 Å². The number of anilines is 2. The number of rotatable bonds is 3. The number of nitrogens with zero attached hydrogens (tertiary/aromatic N) is 3. The molecule has 1 aliphatic carbocycles. The van der Waals surface area contributed by atoms with E-state index in [2.05, 4.69) is 19.9 Å². The summed E-state index contributed by atoms with van der Waals surface area (Å²) >= 11 is 0. The zero-order valence-electron chi connectivity index (χ0n) is 9.22. The molecule has 0 saturated heterocycles. The van der Waals surface area contributed by atoms with Gasteiger partial charge in [-0.3, -0.25) is 4.98 Å². The summed E-state index contributed by atoms with van der Waals surface area (Å²) < 4.78 is 2.19. The van der Waals surface area contributed by atoms with Crippen LogP contribution in [0.3, 0.4) is 0 Å². The summed E-state index contributed by atoms with van der Waals surface area (Å²) in [6, 6.07) is 4.66. The SMILES string of the molecule is Cc1ccc(Nc2nccn2C2CC2)cn1. The fraction of sp³-hybridized carbons (Fsp3) is 0.333. The van der Waals surface area contributed by atoms with E-state index in [0.29, 0.717) is 6.04 Å². The van der Waals surface area contributed by atoms with E-state index in [1.165, 1.54) is 12.8 Å². The van der Waals surface area contributed by atoms with Crippen molar-refractivity contribution in [2.24, 2.45) is 0 Å².